The molecule has 3 rings (SSSR count). The summed E-state index contributed by atoms with van der Waals surface area (Å²) in [6.45, 7) is 0.525. The highest BCUT2D eigenvalue weighted by molar-refractivity contribution is 7.71. The van der Waals surface area contributed by atoms with E-state index in [0.717, 1.165) is 31.2 Å². The Hall–Kier alpha value is -2.08. The van der Waals surface area contributed by atoms with Crippen LogP contribution in [0.2, 0.25) is 0 Å². The number of rotatable bonds is 5. The van der Waals surface area contributed by atoms with Gasteiger partial charge in [-0.2, -0.15) is 0 Å². The predicted molar refractivity (Wildman–Crippen MR) is 90.5 cm³/mol. The average Bonchev–Trinajstić information content (AvgIpc) is 3.08. The van der Waals surface area contributed by atoms with Gasteiger partial charge in [-0.15, -0.1) is 4.73 Å². The molecule has 0 radical (unpaired) electrons. The molecule has 0 N–H and O–H groups in total. The van der Waals surface area contributed by atoms with Crippen LogP contribution in [0.3, 0.4) is 0 Å². The molecule has 1 aliphatic carbocycles. The smallest absolute Gasteiger partial charge is 0.291 e. The van der Waals surface area contributed by atoms with Gasteiger partial charge in [-0.1, -0.05) is 30.3 Å². The van der Waals surface area contributed by atoms with Crippen molar-refractivity contribution in [1.82, 2.24) is 9.30 Å². The molecule has 6 heteroatoms. The molecule has 1 aromatic heterocycles. The third-order valence-corrected chi connectivity index (χ3v) is 4.45. The lowest BCUT2D eigenvalue weighted by molar-refractivity contribution is 0.0275. The molecule has 0 aliphatic heterocycles. The van der Waals surface area contributed by atoms with Gasteiger partial charge in [0, 0.05) is 0 Å². The van der Waals surface area contributed by atoms with Crippen molar-refractivity contribution in [3.8, 4) is 5.88 Å². The molecule has 0 unspecified atom stereocenters. The molecule has 1 saturated carbocycles. The van der Waals surface area contributed by atoms with E-state index in [4.69, 9.17) is 21.8 Å². The maximum absolute atomic E-state index is 12.3. The van der Waals surface area contributed by atoms with E-state index in [0.29, 0.717) is 17.2 Å². The zero-order valence-electron chi connectivity index (χ0n) is 13.1. The van der Waals surface area contributed by atoms with Crippen molar-refractivity contribution in [2.75, 3.05) is 7.11 Å². The monoisotopic (exact) mass is 332 g/mol. The molecule has 1 heterocycles. The quantitative estimate of drug-likeness (QED) is 0.790. The molecule has 0 saturated heterocycles. The number of methoxy groups -OCH3 is 1. The summed E-state index contributed by atoms with van der Waals surface area (Å²) in [5.41, 5.74) is 0.788. The second kappa shape index (κ2) is 7.00. The fourth-order valence-electron chi connectivity index (χ4n) is 2.86. The van der Waals surface area contributed by atoms with Gasteiger partial charge in [-0.05, 0) is 43.5 Å². The van der Waals surface area contributed by atoms with E-state index in [1.165, 1.54) is 17.9 Å². The van der Waals surface area contributed by atoms with Crippen LogP contribution in [-0.4, -0.2) is 22.5 Å². The Morgan fingerprint density at radius 2 is 1.91 bits per heavy atom. The Morgan fingerprint density at radius 1 is 1.22 bits per heavy atom. The summed E-state index contributed by atoms with van der Waals surface area (Å²) in [5, 5.41) is 0. The van der Waals surface area contributed by atoms with Crippen molar-refractivity contribution in [1.29, 1.82) is 0 Å². The first-order valence-corrected chi connectivity index (χ1v) is 8.22. The molecule has 0 bridgehead atoms. The van der Waals surface area contributed by atoms with Crippen molar-refractivity contribution in [3.63, 3.8) is 0 Å². The molecule has 122 valence electrons. The average molecular weight is 332 g/mol. The van der Waals surface area contributed by atoms with Crippen LogP contribution in [0.15, 0.2) is 41.2 Å². The number of hydrogen-bond donors (Lipinski definition) is 0. The fraction of sp³-hybridized carbons (Fsp3) is 0.412. The van der Waals surface area contributed by atoms with Crippen LogP contribution in [0, 0.1) is 4.77 Å². The lowest BCUT2D eigenvalue weighted by Gasteiger charge is -2.19. The number of nitrogens with zero attached hydrogens (tertiary/aromatic N) is 2. The van der Waals surface area contributed by atoms with Gasteiger partial charge in [0.15, 0.2) is 0 Å². The van der Waals surface area contributed by atoms with Crippen molar-refractivity contribution < 1.29 is 9.57 Å². The second-order valence-corrected chi connectivity index (χ2v) is 6.05. The summed E-state index contributed by atoms with van der Waals surface area (Å²) in [7, 11) is 1.53. The topological polar surface area (TPSA) is 45.4 Å². The molecule has 23 heavy (non-hydrogen) atoms. The van der Waals surface area contributed by atoms with Gasteiger partial charge in [-0.25, -0.2) is 0 Å². The second-order valence-electron chi connectivity index (χ2n) is 5.69. The third-order valence-electron chi connectivity index (χ3n) is 4.07. The van der Waals surface area contributed by atoms with E-state index >= 15 is 0 Å². The number of hydrogen-bond acceptors (Lipinski definition) is 4. The van der Waals surface area contributed by atoms with Gasteiger partial charge in [0.2, 0.25) is 10.7 Å². The van der Waals surface area contributed by atoms with Gasteiger partial charge in [-0.3, -0.25) is 9.36 Å². The molecular weight excluding hydrogens is 312 g/mol. The largest absolute Gasteiger partial charge is 0.482 e. The lowest BCUT2D eigenvalue weighted by Crippen LogP contribution is -2.35. The zero-order chi connectivity index (χ0) is 16.2. The van der Waals surface area contributed by atoms with Gasteiger partial charge >= 0.3 is 0 Å². The Balaban J connectivity index is 1.99. The van der Waals surface area contributed by atoms with Crippen molar-refractivity contribution in [2.24, 2.45) is 0 Å². The first-order chi connectivity index (χ1) is 11.2. The fourth-order valence-corrected chi connectivity index (χ4v) is 3.15. The minimum atomic E-state index is -0.289. The van der Waals surface area contributed by atoms with Crippen LogP contribution >= 0.6 is 12.2 Å². The van der Waals surface area contributed by atoms with Crippen molar-refractivity contribution in [2.45, 2.75) is 38.3 Å². The molecule has 5 nitrogen and oxygen atoms in total. The van der Waals surface area contributed by atoms with Gasteiger partial charge in [0.25, 0.3) is 5.56 Å². The van der Waals surface area contributed by atoms with E-state index in [2.05, 4.69) is 0 Å². The SMILES string of the molecule is COc1cc(=O)n(OC2CCCC2)c(=S)n1Cc1ccccc1. The molecule has 1 aliphatic rings. The summed E-state index contributed by atoms with van der Waals surface area (Å²) in [6, 6.07) is 11.3. The van der Waals surface area contributed by atoms with Crippen LogP contribution in [0.1, 0.15) is 31.2 Å². The highest BCUT2D eigenvalue weighted by atomic mass is 32.1. The van der Waals surface area contributed by atoms with E-state index in [-0.39, 0.29) is 11.7 Å². The molecule has 0 spiro atoms. The summed E-state index contributed by atoms with van der Waals surface area (Å²) in [6.07, 6.45) is 4.25. The molecule has 0 amide bonds. The van der Waals surface area contributed by atoms with Crippen molar-refractivity contribution >= 4 is 12.2 Å². The minimum absolute atomic E-state index is 0.0629. The zero-order valence-corrected chi connectivity index (χ0v) is 13.9. The normalized spacial score (nSPS) is 14.8. The van der Waals surface area contributed by atoms with E-state index < -0.39 is 0 Å². The Bertz CT molecular complexity index is 777. The summed E-state index contributed by atoms with van der Waals surface area (Å²) in [4.78, 5) is 18.1. The Kier molecular flexibility index (Phi) is 4.81. The first kappa shape index (κ1) is 15.8. The highest BCUT2D eigenvalue weighted by Gasteiger charge is 2.19. The maximum atomic E-state index is 12.3. The minimum Gasteiger partial charge on any atom is -0.482 e. The van der Waals surface area contributed by atoms with Crippen LogP contribution in [0.25, 0.3) is 0 Å². The Morgan fingerprint density at radius 3 is 2.57 bits per heavy atom. The molecule has 0 atom stereocenters. The van der Waals surface area contributed by atoms with Gasteiger partial charge in [0.05, 0.1) is 19.7 Å². The summed E-state index contributed by atoms with van der Waals surface area (Å²) in [5.74, 6) is 0.440. The van der Waals surface area contributed by atoms with Crippen LogP contribution < -0.4 is 15.1 Å². The van der Waals surface area contributed by atoms with Gasteiger partial charge < -0.3 is 9.57 Å². The van der Waals surface area contributed by atoms with Gasteiger partial charge in [0.1, 0.15) is 6.10 Å². The van der Waals surface area contributed by atoms with Crippen molar-refractivity contribution in [3.05, 3.63) is 57.1 Å². The molecule has 2 aromatic rings. The lowest BCUT2D eigenvalue weighted by atomic mass is 10.2. The Labute approximate surface area is 140 Å². The first-order valence-electron chi connectivity index (χ1n) is 7.81. The highest BCUT2D eigenvalue weighted by Crippen LogP contribution is 2.19. The third kappa shape index (κ3) is 3.47. The molecule has 1 fully saturated rings. The molecule has 1 aromatic carbocycles. The van der Waals surface area contributed by atoms with E-state index in [9.17, 15) is 4.79 Å². The predicted octanol–water partition coefficient (Wildman–Crippen LogP) is 2.81. The van der Waals surface area contributed by atoms with Crippen LogP contribution in [0.4, 0.5) is 0 Å². The van der Waals surface area contributed by atoms with E-state index in [1.54, 1.807) is 4.57 Å². The number of aromatic nitrogens is 2. The van der Waals surface area contributed by atoms with E-state index in [1.807, 2.05) is 30.3 Å². The standard InChI is InChI=1S/C17H20N2O3S/c1-21-16-11-15(20)19(22-14-9-5-6-10-14)17(23)18(16)12-13-7-3-2-4-8-13/h2-4,7-8,11,14H,5-6,9-10,12H2,1H3. The summed E-state index contributed by atoms with van der Waals surface area (Å²) < 4.78 is 8.67. The van der Waals surface area contributed by atoms with Crippen LogP contribution in [-0.2, 0) is 6.54 Å². The summed E-state index contributed by atoms with van der Waals surface area (Å²) >= 11 is 5.49. The molecular formula is C17H20N2O3S. The maximum Gasteiger partial charge on any atom is 0.291 e. The van der Waals surface area contributed by atoms with Crippen LogP contribution in [0.5, 0.6) is 5.88 Å². The number of ether oxygens (including phenoxy) is 1. The number of benzene rings is 1.